The van der Waals surface area contributed by atoms with Crippen molar-refractivity contribution in [1.29, 1.82) is 0 Å². The summed E-state index contributed by atoms with van der Waals surface area (Å²) in [5.41, 5.74) is 3.18. The molecule has 130 valence electrons. The summed E-state index contributed by atoms with van der Waals surface area (Å²) >= 11 is 3.28. The van der Waals surface area contributed by atoms with E-state index in [-0.39, 0.29) is 11.7 Å². The molecule has 0 N–H and O–H groups in total. The summed E-state index contributed by atoms with van der Waals surface area (Å²) in [6, 6.07) is 13.5. The van der Waals surface area contributed by atoms with Crippen molar-refractivity contribution in [2.45, 2.75) is 24.2 Å². The first kappa shape index (κ1) is 15.9. The molecule has 0 atom stereocenters. The topological polar surface area (TPSA) is 33.2 Å². The van der Waals surface area contributed by atoms with Gasteiger partial charge in [-0.2, -0.15) is 0 Å². The zero-order chi connectivity index (χ0) is 18.1. The van der Waals surface area contributed by atoms with Crippen LogP contribution in [0.4, 0.5) is 10.1 Å². The Hall–Kier alpha value is -2.27. The average Bonchev–Trinajstić information content (AvgIpc) is 2.84. The number of fused-ring (bicyclic) bond motifs is 4. The number of hydrogen-bond acceptors (Lipinski definition) is 2. The molecule has 0 saturated heterocycles. The van der Waals surface area contributed by atoms with Crippen molar-refractivity contribution in [2.75, 3.05) is 11.9 Å². The Morgan fingerprint density at radius 1 is 1.23 bits per heavy atom. The van der Waals surface area contributed by atoms with E-state index in [1.807, 2.05) is 18.2 Å². The fourth-order valence-corrected chi connectivity index (χ4v) is 4.94. The molecule has 1 saturated carbocycles. The predicted molar refractivity (Wildman–Crippen MR) is 103 cm³/mol. The van der Waals surface area contributed by atoms with Gasteiger partial charge in [-0.3, -0.25) is 9.78 Å². The van der Waals surface area contributed by atoms with E-state index in [2.05, 4.69) is 33.0 Å². The summed E-state index contributed by atoms with van der Waals surface area (Å²) in [4.78, 5) is 19.2. The Balaban J connectivity index is 1.67. The van der Waals surface area contributed by atoms with Crippen molar-refractivity contribution < 1.29 is 9.18 Å². The fourth-order valence-electron chi connectivity index (χ4n) is 4.59. The Bertz CT molecular complexity index is 1060. The van der Waals surface area contributed by atoms with Crippen LogP contribution in [0, 0.1) is 5.82 Å². The highest BCUT2D eigenvalue weighted by atomic mass is 79.9. The third kappa shape index (κ3) is 1.98. The fraction of sp³-hybridized carbons (Fsp3) is 0.238. The number of pyridine rings is 1. The molecule has 3 aromatic rings. The minimum absolute atomic E-state index is 0.120. The van der Waals surface area contributed by atoms with E-state index in [9.17, 15) is 9.18 Å². The Morgan fingerprint density at radius 3 is 2.69 bits per heavy atom. The normalized spacial score (nSPS) is 24.2. The van der Waals surface area contributed by atoms with Gasteiger partial charge in [0.1, 0.15) is 5.82 Å². The minimum atomic E-state index is -0.525. The molecule has 1 amide bonds. The summed E-state index contributed by atoms with van der Waals surface area (Å²) in [6.45, 7) is 0. The van der Waals surface area contributed by atoms with Gasteiger partial charge in [0.05, 0.1) is 27.3 Å². The highest BCUT2D eigenvalue weighted by Crippen LogP contribution is 2.60. The van der Waals surface area contributed by atoms with Crippen LogP contribution in [0.2, 0.25) is 0 Å². The summed E-state index contributed by atoms with van der Waals surface area (Å²) in [7, 11) is 1.80. The number of carbonyl (C=O) groups excluding carboxylic acids is 1. The van der Waals surface area contributed by atoms with Crippen LogP contribution >= 0.6 is 15.9 Å². The molecule has 2 aliphatic rings. The summed E-state index contributed by atoms with van der Waals surface area (Å²) < 4.78 is 14.4. The van der Waals surface area contributed by atoms with Crippen LogP contribution in [0.5, 0.6) is 0 Å². The lowest BCUT2D eigenvalue weighted by Gasteiger charge is -2.44. The number of halogens is 2. The van der Waals surface area contributed by atoms with Crippen molar-refractivity contribution in [3.8, 4) is 0 Å². The third-order valence-electron chi connectivity index (χ3n) is 5.90. The molecule has 5 heteroatoms. The third-order valence-corrected chi connectivity index (χ3v) is 6.51. The molecule has 3 nitrogen and oxygen atoms in total. The average molecular weight is 411 g/mol. The lowest BCUT2D eigenvalue weighted by atomic mass is 9.57. The highest BCUT2D eigenvalue weighted by molar-refractivity contribution is 9.10. The second-order valence-electron chi connectivity index (χ2n) is 7.26. The van der Waals surface area contributed by atoms with E-state index in [0.717, 1.165) is 29.5 Å². The number of rotatable bonds is 1. The molecule has 0 unspecified atom stereocenters. The first-order valence-electron chi connectivity index (χ1n) is 8.62. The van der Waals surface area contributed by atoms with Gasteiger partial charge in [-0.1, -0.05) is 30.3 Å². The second kappa shape index (κ2) is 5.36. The molecule has 0 bridgehead atoms. The number of aromatic nitrogens is 1. The molecule has 1 aromatic heterocycles. The number of amides is 1. The standard InChI is InChI=1S/C21H16BrFN2O/c1-25-18-11-24-17-8-16(23)15(22)7-14(17)19(18)21(20(25)26)9-13(10-21)12-5-3-2-4-6-12/h2-8,11,13H,9-10H2,1H3. The molecular weight excluding hydrogens is 395 g/mol. The zero-order valence-corrected chi connectivity index (χ0v) is 15.8. The lowest BCUT2D eigenvalue weighted by Crippen LogP contribution is -2.47. The summed E-state index contributed by atoms with van der Waals surface area (Å²) in [6.07, 6.45) is 3.26. The molecule has 1 aliphatic heterocycles. The van der Waals surface area contributed by atoms with Crippen LogP contribution in [0.3, 0.4) is 0 Å². The second-order valence-corrected chi connectivity index (χ2v) is 8.12. The molecule has 0 radical (unpaired) electrons. The number of nitrogens with zero attached hydrogens (tertiary/aromatic N) is 2. The van der Waals surface area contributed by atoms with Crippen molar-refractivity contribution in [2.24, 2.45) is 0 Å². The van der Waals surface area contributed by atoms with Crippen LogP contribution in [-0.4, -0.2) is 17.9 Å². The molecule has 26 heavy (non-hydrogen) atoms. The van der Waals surface area contributed by atoms with Gasteiger partial charge in [0.25, 0.3) is 0 Å². The van der Waals surface area contributed by atoms with Gasteiger partial charge in [0, 0.05) is 24.1 Å². The maximum Gasteiger partial charge on any atom is 0.237 e. The van der Waals surface area contributed by atoms with E-state index in [0.29, 0.717) is 15.9 Å². The van der Waals surface area contributed by atoms with E-state index >= 15 is 0 Å². The molecule has 1 aliphatic carbocycles. The first-order chi connectivity index (χ1) is 12.5. The van der Waals surface area contributed by atoms with Crippen molar-refractivity contribution in [3.05, 3.63) is 70.1 Å². The Labute approximate surface area is 159 Å². The van der Waals surface area contributed by atoms with Gasteiger partial charge in [-0.05, 0) is 46.3 Å². The van der Waals surface area contributed by atoms with Crippen molar-refractivity contribution >= 4 is 38.4 Å². The minimum Gasteiger partial charge on any atom is -0.313 e. The summed E-state index contributed by atoms with van der Waals surface area (Å²) in [5, 5.41) is 0.861. The SMILES string of the molecule is CN1C(=O)C2(CC(c3ccccc3)C2)c2c1cnc1cc(F)c(Br)cc21. The van der Waals surface area contributed by atoms with Crippen molar-refractivity contribution in [1.82, 2.24) is 4.98 Å². The van der Waals surface area contributed by atoms with Gasteiger partial charge in [-0.25, -0.2) is 4.39 Å². The maximum atomic E-state index is 14.0. The van der Waals surface area contributed by atoms with Gasteiger partial charge >= 0.3 is 0 Å². The number of likely N-dealkylation sites (N-methyl/N-ethyl adjacent to an activating group) is 1. The Morgan fingerprint density at radius 2 is 1.96 bits per heavy atom. The van der Waals surface area contributed by atoms with E-state index in [1.165, 1.54) is 11.6 Å². The van der Waals surface area contributed by atoms with Crippen LogP contribution in [0.15, 0.2) is 53.1 Å². The molecule has 2 heterocycles. The lowest BCUT2D eigenvalue weighted by molar-refractivity contribution is -0.126. The first-order valence-corrected chi connectivity index (χ1v) is 9.42. The molecular formula is C21H16BrFN2O. The van der Waals surface area contributed by atoms with Crippen LogP contribution in [-0.2, 0) is 10.2 Å². The van der Waals surface area contributed by atoms with Gasteiger partial charge in [0.15, 0.2) is 0 Å². The molecule has 1 fully saturated rings. The van der Waals surface area contributed by atoms with Gasteiger partial charge in [-0.15, -0.1) is 0 Å². The molecule has 2 aromatic carbocycles. The van der Waals surface area contributed by atoms with Crippen LogP contribution < -0.4 is 4.90 Å². The van der Waals surface area contributed by atoms with Crippen molar-refractivity contribution in [3.63, 3.8) is 0 Å². The van der Waals surface area contributed by atoms with Gasteiger partial charge < -0.3 is 4.90 Å². The van der Waals surface area contributed by atoms with Crippen LogP contribution in [0.1, 0.15) is 29.9 Å². The number of anilines is 1. The highest BCUT2D eigenvalue weighted by Gasteiger charge is 2.58. The van der Waals surface area contributed by atoms with E-state index in [1.54, 1.807) is 24.2 Å². The monoisotopic (exact) mass is 410 g/mol. The summed E-state index contributed by atoms with van der Waals surface area (Å²) in [5.74, 6) is 0.147. The number of hydrogen-bond donors (Lipinski definition) is 0. The Kier molecular flexibility index (Phi) is 3.29. The molecule has 1 spiro atoms. The maximum absolute atomic E-state index is 14.0. The van der Waals surface area contributed by atoms with Crippen LogP contribution in [0.25, 0.3) is 10.9 Å². The quantitative estimate of drug-likeness (QED) is 0.569. The van der Waals surface area contributed by atoms with E-state index < -0.39 is 5.41 Å². The largest absolute Gasteiger partial charge is 0.313 e. The predicted octanol–water partition coefficient (Wildman–Crippen LogP) is 4.93. The smallest absolute Gasteiger partial charge is 0.237 e. The zero-order valence-electron chi connectivity index (χ0n) is 14.2. The van der Waals surface area contributed by atoms with E-state index in [4.69, 9.17) is 0 Å². The number of benzene rings is 2. The molecule has 5 rings (SSSR count). The number of carbonyl (C=O) groups is 1. The van der Waals surface area contributed by atoms with Gasteiger partial charge in [0.2, 0.25) is 5.91 Å².